The van der Waals surface area contributed by atoms with E-state index in [9.17, 15) is 19.8 Å². The Labute approximate surface area is 143 Å². The summed E-state index contributed by atoms with van der Waals surface area (Å²) >= 11 is 1.53. The van der Waals surface area contributed by atoms with Crippen molar-refractivity contribution in [3.8, 4) is 0 Å². The molecule has 0 amide bonds. The first-order valence-electron chi connectivity index (χ1n) is 7.86. The van der Waals surface area contributed by atoms with Crippen molar-refractivity contribution in [2.24, 2.45) is 11.8 Å². The molecule has 0 spiro atoms. The number of aliphatic hydroxyl groups is 1. The summed E-state index contributed by atoms with van der Waals surface area (Å²) in [6.07, 6.45) is 3.37. The van der Waals surface area contributed by atoms with Gasteiger partial charge in [-0.2, -0.15) is 9.36 Å². The van der Waals surface area contributed by atoms with Gasteiger partial charge in [0.15, 0.2) is 0 Å². The Bertz CT molecular complexity index is 666. The molecule has 1 aromatic rings. The molecular formula is C15H21N4O4S+. The average molecular weight is 353 g/mol. The van der Waals surface area contributed by atoms with Crippen molar-refractivity contribution in [2.45, 2.75) is 44.3 Å². The number of aliphatic hydroxyl groups excluding tert-OH is 1. The molecule has 2 aliphatic rings. The number of hydrogen-bond acceptors (Lipinski definition) is 6. The number of rotatable bonds is 6. The predicted octanol–water partition coefficient (Wildman–Crippen LogP) is -0.614. The van der Waals surface area contributed by atoms with E-state index < -0.39 is 24.0 Å². The van der Waals surface area contributed by atoms with Crippen LogP contribution >= 0.6 is 11.8 Å². The van der Waals surface area contributed by atoms with E-state index in [1.807, 2.05) is 16.3 Å². The van der Waals surface area contributed by atoms with Crippen LogP contribution in [0.25, 0.3) is 0 Å². The molecule has 0 aliphatic carbocycles. The molecule has 0 saturated heterocycles. The molecule has 2 aliphatic heterocycles. The number of nitrogens with zero attached hydrogens (tertiary/aromatic N) is 3. The smallest absolute Gasteiger partial charge is 0.352 e. The van der Waals surface area contributed by atoms with Crippen LogP contribution in [0.5, 0.6) is 0 Å². The molecule has 0 bridgehead atoms. The number of aliphatic carboxylic acids is 1. The van der Waals surface area contributed by atoms with E-state index >= 15 is 0 Å². The van der Waals surface area contributed by atoms with Crippen molar-refractivity contribution in [1.82, 2.24) is 15.0 Å². The van der Waals surface area contributed by atoms with Gasteiger partial charge in [0.05, 0.1) is 23.8 Å². The van der Waals surface area contributed by atoms with Crippen LogP contribution in [0.15, 0.2) is 23.3 Å². The predicted molar refractivity (Wildman–Crippen MR) is 85.8 cm³/mol. The molecule has 0 aromatic carbocycles. The van der Waals surface area contributed by atoms with Crippen LogP contribution in [-0.2, 0) is 22.7 Å². The van der Waals surface area contributed by atoms with E-state index in [0.29, 0.717) is 6.29 Å². The minimum absolute atomic E-state index is 0.143. The van der Waals surface area contributed by atoms with Gasteiger partial charge in [0.25, 0.3) is 0 Å². The maximum Gasteiger partial charge on any atom is 0.352 e. The maximum absolute atomic E-state index is 11.6. The second-order valence-corrected chi connectivity index (χ2v) is 7.66. The summed E-state index contributed by atoms with van der Waals surface area (Å²) in [6, 6.07) is -0.411. The largest absolute Gasteiger partial charge is 0.477 e. The molecule has 1 aromatic heterocycles. The van der Waals surface area contributed by atoms with E-state index in [0.717, 1.165) is 18.0 Å². The monoisotopic (exact) mass is 353 g/mol. The third-order valence-corrected chi connectivity index (χ3v) is 6.12. The molecule has 3 heterocycles. The van der Waals surface area contributed by atoms with Gasteiger partial charge in [0.2, 0.25) is 6.33 Å². The minimum atomic E-state index is -1.03. The Kier molecular flexibility index (Phi) is 4.64. The first-order chi connectivity index (χ1) is 11.4. The zero-order chi connectivity index (χ0) is 17.4. The summed E-state index contributed by atoms with van der Waals surface area (Å²) in [6.45, 7) is 4.96. The Morgan fingerprint density at radius 2 is 2.38 bits per heavy atom. The standard InChI is InChI=1S/C15H20N4O4S/c1-8-12(11(5-20)9(2)21)17-13(15(22)23)14(8)24-10-3-18-6-16-7-19(18)4-10/h5-12,17,21H,3-4H2,1-2H3/p+1/t8-,9-,11-,12-/m1/s1. The van der Waals surface area contributed by atoms with Crippen LogP contribution in [0.3, 0.4) is 0 Å². The number of aldehydes is 1. The van der Waals surface area contributed by atoms with Gasteiger partial charge in [-0.05, 0) is 11.9 Å². The molecule has 8 nitrogen and oxygen atoms in total. The van der Waals surface area contributed by atoms with Crippen molar-refractivity contribution in [2.75, 3.05) is 0 Å². The molecule has 0 fully saturated rings. The number of thioether (sulfide) groups is 1. The lowest BCUT2D eigenvalue weighted by Crippen LogP contribution is -2.42. The number of carboxylic acids is 1. The normalized spacial score (nSPS) is 28.4. The Morgan fingerprint density at radius 1 is 1.62 bits per heavy atom. The molecule has 9 heteroatoms. The highest BCUT2D eigenvalue weighted by Gasteiger charge is 2.42. The zero-order valence-corrected chi connectivity index (χ0v) is 14.3. The molecule has 24 heavy (non-hydrogen) atoms. The fraction of sp³-hybridized carbons (Fsp3) is 0.600. The lowest BCUT2D eigenvalue weighted by atomic mass is 9.89. The van der Waals surface area contributed by atoms with Gasteiger partial charge in [0.1, 0.15) is 18.5 Å². The van der Waals surface area contributed by atoms with Gasteiger partial charge < -0.3 is 20.3 Å². The van der Waals surface area contributed by atoms with E-state index in [1.165, 1.54) is 11.8 Å². The fourth-order valence-electron chi connectivity index (χ4n) is 3.36. The lowest BCUT2D eigenvalue weighted by molar-refractivity contribution is -0.758. The zero-order valence-electron chi connectivity index (χ0n) is 13.5. The summed E-state index contributed by atoms with van der Waals surface area (Å²) < 4.78 is 3.99. The first kappa shape index (κ1) is 17.0. The van der Waals surface area contributed by atoms with Crippen molar-refractivity contribution >= 4 is 24.0 Å². The highest BCUT2D eigenvalue weighted by molar-refractivity contribution is 8.03. The van der Waals surface area contributed by atoms with Crippen molar-refractivity contribution in [3.05, 3.63) is 23.3 Å². The number of fused-ring (bicyclic) bond motifs is 1. The first-order valence-corrected chi connectivity index (χ1v) is 8.74. The molecule has 3 rings (SSSR count). The molecule has 130 valence electrons. The van der Waals surface area contributed by atoms with Gasteiger partial charge in [-0.1, -0.05) is 6.92 Å². The van der Waals surface area contributed by atoms with Crippen LogP contribution in [0.2, 0.25) is 0 Å². The summed E-state index contributed by atoms with van der Waals surface area (Å²) in [7, 11) is 0. The van der Waals surface area contributed by atoms with Crippen LogP contribution in [0, 0.1) is 11.8 Å². The van der Waals surface area contributed by atoms with Crippen molar-refractivity contribution in [1.29, 1.82) is 0 Å². The summed E-state index contributed by atoms with van der Waals surface area (Å²) in [5, 5.41) is 22.5. The van der Waals surface area contributed by atoms with E-state index in [4.69, 9.17) is 0 Å². The molecule has 4 atom stereocenters. The number of nitrogens with one attached hydrogen (secondary N) is 1. The number of aromatic nitrogens is 3. The van der Waals surface area contributed by atoms with Crippen LogP contribution in [0.4, 0.5) is 0 Å². The number of hydrogen-bond donors (Lipinski definition) is 3. The van der Waals surface area contributed by atoms with Gasteiger partial charge >= 0.3 is 12.3 Å². The summed E-state index contributed by atoms with van der Waals surface area (Å²) in [5.74, 6) is -1.84. The van der Waals surface area contributed by atoms with Crippen molar-refractivity contribution < 1.29 is 24.5 Å². The second kappa shape index (κ2) is 6.56. The Hall–Kier alpha value is -1.87. The van der Waals surface area contributed by atoms with Crippen LogP contribution in [-0.4, -0.2) is 49.5 Å². The quantitative estimate of drug-likeness (QED) is 0.462. The number of carbonyl (C=O) groups excluding carboxylic acids is 1. The third kappa shape index (κ3) is 2.93. The average Bonchev–Trinajstić information content (AvgIpc) is 3.16. The van der Waals surface area contributed by atoms with E-state index in [2.05, 4.69) is 10.3 Å². The molecule has 0 unspecified atom stereocenters. The topological polar surface area (TPSA) is 108 Å². The highest BCUT2D eigenvalue weighted by atomic mass is 32.2. The molecule has 3 N–H and O–H groups in total. The molecule has 0 radical (unpaired) electrons. The van der Waals surface area contributed by atoms with Crippen LogP contribution in [0.1, 0.15) is 13.8 Å². The van der Waals surface area contributed by atoms with Crippen molar-refractivity contribution in [3.63, 3.8) is 0 Å². The second-order valence-electron chi connectivity index (χ2n) is 6.32. The minimum Gasteiger partial charge on any atom is -0.477 e. The van der Waals surface area contributed by atoms with E-state index in [1.54, 1.807) is 19.6 Å². The fourth-order valence-corrected chi connectivity index (χ4v) is 4.80. The highest BCUT2D eigenvalue weighted by Crippen LogP contribution is 2.40. The molecule has 0 saturated carbocycles. The lowest BCUT2D eigenvalue weighted by Gasteiger charge is -2.26. The van der Waals surface area contributed by atoms with E-state index in [-0.39, 0.29) is 16.9 Å². The van der Waals surface area contributed by atoms with Gasteiger partial charge in [-0.15, -0.1) is 11.8 Å². The van der Waals surface area contributed by atoms with Gasteiger partial charge in [-0.3, -0.25) is 0 Å². The van der Waals surface area contributed by atoms with Gasteiger partial charge in [0, 0.05) is 16.9 Å². The summed E-state index contributed by atoms with van der Waals surface area (Å²) in [4.78, 5) is 27.8. The SMILES string of the molecule is C[C@@H](O)[C@@H](C=O)[C@@H]1NC(C(=O)O)=C(SC2Cn3cnc[n+]3C2)[C@@H]1C. The third-order valence-electron chi connectivity index (χ3n) is 4.66. The maximum atomic E-state index is 11.6. The molecular weight excluding hydrogens is 332 g/mol. The van der Waals surface area contributed by atoms with Gasteiger partial charge in [-0.25, -0.2) is 4.79 Å². The Balaban J connectivity index is 1.78. The Morgan fingerprint density at radius 3 is 2.96 bits per heavy atom. The number of carbonyl (C=O) groups is 2. The number of carboxylic acid groups (broad SMARTS) is 1. The van der Waals surface area contributed by atoms with Crippen LogP contribution < -0.4 is 10.00 Å². The summed E-state index contributed by atoms with van der Waals surface area (Å²) in [5.41, 5.74) is 0.143.